The lowest BCUT2D eigenvalue weighted by atomic mass is 9.90. The van der Waals surface area contributed by atoms with Crippen LogP contribution in [0.4, 0.5) is 0 Å². The van der Waals surface area contributed by atoms with Crippen molar-refractivity contribution < 1.29 is 0 Å². The zero-order chi connectivity index (χ0) is 14.5. The van der Waals surface area contributed by atoms with Crippen molar-refractivity contribution in [2.75, 3.05) is 0 Å². The Hall–Kier alpha value is -1.83. The Bertz CT molecular complexity index is 576. The van der Waals surface area contributed by atoms with Crippen molar-refractivity contribution in [3.05, 3.63) is 33.1 Å². The van der Waals surface area contributed by atoms with Gasteiger partial charge in [0.2, 0.25) is 0 Å². The predicted molar refractivity (Wildman–Crippen MR) is 73.9 cm³/mol. The Labute approximate surface area is 113 Å². The number of hydrogen-bond donors (Lipinski definition) is 0. The van der Waals surface area contributed by atoms with Gasteiger partial charge in [0.25, 0.3) is 5.56 Å². The van der Waals surface area contributed by atoms with Crippen LogP contribution in [-0.2, 0) is 13.1 Å². The molecular weight excluding hydrogens is 242 g/mol. The summed E-state index contributed by atoms with van der Waals surface area (Å²) in [5, 5.41) is 8.93. The van der Waals surface area contributed by atoms with Crippen molar-refractivity contribution in [3.63, 3.8) is 0 Å². The Kier molecular flexibility index (Phi) is 5.11. The summed E-state index contributed by atoms with van der Waals surface area (Å²) in [4.78, 5) is 23.8. The molecule has 0 spiro atoms. The SMILES string of the molecule is CCCn1ccc(=O)n(CCCC(C)(C)C#N)c1=O. The van der Waals surface area contributed by atoms with Gasteiger partial charge >= 0.3 is 5.69 Å². The topological polar surface area (TPSA) is 67.8 Å². The molecule has 0 aliphatic carbocycles. The highest BCUT2D eigenvalue weighted by Gasteiger charge is 2.16. The second-order valence-electron chi connectivity index (χ2n) is 5.38. The van der Waals surface area contributed by atoms with Crippen LogP contribution in [0.1, 0.15) is 40.0 Å². The summed E-state index contributed by atoms with van der Waals surface area (Å²) in [5.74, 6) is 0. The molecule has 0 saturated carbocycles. The average molecular weight is 263 g/mol. The molecule has 0 N–H and O–H groups in total. The molecular formula is C14H21N3O2. The summed E-state index contributed by atoms with van der Waals surface area (Å²) in [7, 11) is 0. The summed E-state index contributed by atoms with van der Waals surface area (Å²) in [5.41, 5.74) is -0.947. The van der Waals surface area contributed by atoms with Gasteiger partial charge in [0.15, 0.2) is 0 Å². The average Bonchev–Trinajstić information content (AvgIpc) is 2.37. The Morgan fingerprint density at radius 2 is 2.00 bits per heavy atom. The first kappa shape index (κ1) is 15.2. The maximum Gasteiger partial charge on any atom is 0.330 e. The van der Waals surface area contributed by atoms with Crippen LogP contribution in [0.2, 0.25) is 0 Å². The summed E-state index contributed by atoms with van der Waals surface area (Å²) in [6, 6.07) is 3.64. The van der Waals surface area contributed by atoms with Crippen molar-refractivity contribution in [2.45, 2.75) is 53.1 Å². The number of nitriles is 1. The fourth-order valence-corrected chi connectivity index (χ4v) is 1.91. The van der Waals surface area contributed by atoms with E-state index in [9.17, 15) is 9.59 Å². The monoisotopic (exact) mass is 263 g/mol. The van der Waals surface area contributed by atoms with E-state index in [4.69, 9.17) is 5.26 Å². The molecule has 0 radical (unpaired) electrons. The van der Waals surface area contributed by atoms with Crippen LogP contribution >= 0.6 is 0 Å². The number of aromatic nitrogens is 2. The van der Waals surface area contributed by atoms with E-state index in [1.807, 2.05) is 20.8 Å². The first-order valence-corrected chi connectivity index (χ1v) is 6.63. The predicted octanol–water partition coefficient (Wildman–Crippen LogP) is 1.75. The number of hydrogen-bond acceptors (Lipinski definition) is 3. The van der Waals surface area contributed by atoms with Crippen LogP contribution in [0.3, 0.4) is 0 Å². The molecule has 0 fully saturated rings. The largest absolute Gasteiger partial charge is 0.330 e. The van der Waals surface area contributed by atoms with Crippen LogP contribution in [-0.4, -0.2) is 9.13 Å². The lowest BCUT2D eigenvalue weighted by Crippen LogP contribution is -2.39. The van der Waals surface area contributed by atoms with Gasteiger partial charge in [-0.3, -0.25) is 9.36 Å². The van der Waals surface area contributed by atoms with E-state index in [1.165, 1.54) is 10.6 Å². The minimum atomic E-state index is -0.416. The van der Waals surface area contributed by atoms with Crippen LogP contribution in [0.25, 0.3) is 0 Å². The van der Waals surface area contributed by atoms with E-state index >= 15 is 0 Å². The first-order chi connectivity index (χ1) is 8.91. The normalized spacial score (nSPS) is 11.3. The van der Waals surface area contributed by atoms with Crippen molar-refractivity contribution >= 4 is 0 Å². The van der Waals surface area contributed by atoms with Crippen molar-refractivity contribution in [2.24, 2.45) is 5.41 Å². The Morgan fingerprint density at radius 1 is 1.32 bits per heavy atom. The number of aryl methyl sites for hydroxylation is 1. The molecule has 0 aromatic carbocycles. The Balaban J connectivity index is 2.85. The van der Waals surface area contributed by atoms with Crippen LogP contribution in [0.5, 0.6) is 0 Å². The van der Waals surface area contributed by atoms with Gasteiger partial charge in [0.05, 0.1) is 11.5 Å². The Morgan fingerprint density at radius 3 is 2.58 bits per heavy atom. The third-order valence-electron chi connectivity index (χ3n) is 3.09. The van der Waals surface area contributed by atoms with Gasteiger partial charge in [-0.1, -0.05) is 6.92 Å². The van der Waals surface area contributed by atoms with E-state index in [1.54, 1.807) is 10.8 Å². The zero-order valence-electron chi connectivity index (χ0n) is 11.8. The maximum absolute atomic E-state index is 12.1. The molecule has 0 atom stereocenters. The molecule has 1 heterocycles. The lowest BCUT2D eigenvalue weighted by molar-refractivity contribution is 0.405. The molecule has 1 aromatic heterocycles. The second kappa shape index (κ2) is 6.37. The second-order valence-corrected chi connectivity index (χ2v) is 5.38. The first-order valence-electron chi connectivity index (χ1n) is 6.63. The molecule has 19 heavy (non-hydrogen) atoms. The molecule has 0 unspecified atom stereocenters. The van der Waals surface area contributed by atoms with Gasteiger partial charge in [-0.2, -0.15) is 5.26 Å². The summed E-state index contributed by atoms with van der Waals surface area (Å²) in [6.07, 6.45) is 3.70. The molecule has 0 aliphatic rings. The highest BCUT2D eigenvalue weighted by molar-refractivity contribution is 4.92. The smallest absolute Gasteiger partial charge is 0.300 e. The third kappa shape index (κ3) is 4.09. The quantitative estimate of drug-likeness (QED) is 0.785. The minimum Gasteiger partial charge on any atom is -0.300 e. The van der Waals surface area contributed by atoms with E-state index < -0.39 is 5.41 Å². The van der Waals surface area contributed by atoms with Gasteiger partial charge < -0.3 is 4.57 Å². The molecule has 1 aromatic rings. The lowest BCUT2D eigenvalue weighted by Gasteiger charge is -2.15. The summed E-state index contributed by atoms with van der Waals surface area (Å²) in [6.45, 7) is 6.68. The van der Waals surface area contributed by atoms with Crippen molar-refractivity contribution in [1.82, 2.24) is 9.13 Å². The number of nitrogens with zero attached hydrogens (tertiary/aromatic N) is 3. The molecule has 1 rings (SSSR count). The highest BCUT2D eigenvalue weighted by Crippen LogP contribution is 2.20. The van der Waals surface area contributed by atoms with Crippen LogP contribution in [0.15, 0.2) is 21.9 Å². The van der Waals surface area contributed by atoms with E-state index in [0.29, 0.717) is 25.9 Å². The molecule has 0 saturated heterocycles. The van der Waals surface area contributed by atoms with E-state index in [0.717, 1.165) is 6.42 Å². The fourth-order valence-electron chi connectivity index (χ4n) is 1.91. The van der Waals surface area contributed by atoms with Crippen molar-refractivity contribution in [3.8, 4) is 6.07 Å². The zero-order valence-corrected chi connectivity index (χ0v) is 11.8. The molecule has 104 valence electrons. The molecule has 5 heteroatoms. The fraction of sp³-hybridized carbons (Fsp3) is 0.643. The molecule has 0 aliphatic heterocycles. The third-order valence-corrected chi connectivity index (χ3v) is 3.09. The summed E-state index contributed by atoms with van der Waals surface area (Å²) < 4.78 is 2.81. The minimum absolute atomic E-state index is 0.260. The van der Waals surface area contributed by atoms with E-state index in [-0.39, 0.29) is 11.2 Å². The van der Waals surface area contributed by atoms with Gasteiger partial charge in [-0.05, 0) is 33.1 Å². The van der Waals surface area contributed by atoms with Gasteiger partial charge in [0.1, 0.15) is 0 Å². The standard InChI is InChI=1S/C14H21N3O2/c1-4-8-16-10-6-12(18)17(13(16)19)9-5-7-14(2,3)11-15/h6,10H,4-5,7-9H2,1-3H3. The van der Waals surface area contributed by atoms with Gasteiger partial charge in [0, 0.05) is 25.4 Å². The highest BCUT2D eigenvalue weighted by atomic mass is 16.2. The molecule has 0 bridgehead atoms. The van der Waals surface area contributed by atoms with Crippen LogP contribution in [0, 0.1) is 16.7 Å². The summed E-state index contributed by atoms with van der Waals surface area (Å²) >= 11 is 0. The molecule has 5 nitrogen and oxygen atoms in total. The van der Waals surface area contributed by atoms with Gasteiger partial charge in [-0.25, -0.2) is 4.79 Å². The molecule has 0 amide bonds. The van der Waals surface area contributed by atoms with Crippen molar-refractivity contribution in [1.29, 1.82) is 5.26 Å². The maximum atomic E-state index is 12.1. The van der Waals surface area contributed by atoms with E-state index in [2.05, 4.69) is 6.07 Å². The number of rotatable bonds is 6. The van der Waals surface area contributed by atoms with Crippen LogP contribution < -0.4 is 11.2 Å². The van der Waals surface area contributed by atoms with Gasteiger partial charge in [-0.15, -0.1) is 0 Å².